The third kappa shape index (κ3) is 2.50. The first-order valence-electron chi connectivity index (χ1n) is 7.35. The molecule has 0 unspecified atom stereocenters. The van der Waals surface area contributed by atoms with Gasteiger partial charge in [-0.1, -0.05) is 48.5 Å². The zero-order valence-electron chi connectivity index (χ0n) is 12.6. The van der Waals surface area contributed by atoms with Crippen LogP contribution in [-0.4, -0.2) is 17.9 Å². The Morgan fingerprint density at radius 2 is 1.82 bits per heavy atom. The minimum Gasteiger partial charge on any atom is -0.497 e. The number of hydrogen-bond donors (Lipinski definition) is 0. The number of carbonyl (C=O) groups excluding carboxylic acids is 1. The molecule has 1 aliphatic heterocycles. The van der Waals surface area contributed by atoms with Gasteiger partial charge in [0.2, 0.25) is 5.91 Å². The van der Waals surface area contributed by atoms with E-state index in [1.54, 1.807) is 13.2 Å². The summed E-state index contributed by atoms with van der Waals surface area (Å²) in [6.45, 7) is 4.41. The molecule has 0 bridgehead atoms. The molecule has 1 heterocycles. The predicted molar refractivity (Wildman–Crippen MR) is 86.4 cm³/mol. The summed E-state index contributed by atoms with van der Waals surface area (Å²) in [5.74, 6) is 0.836. The van der Waals surface area contributed by atoms with Gasteiger partial charge in [0.05, 0.1) is 19.1 Å². The zero-order chi connectivity index (χ0) is 15.5. The van der Waals surface area contributed by atoms with Crippen molar-refractivity contribution >= 4 is 5.91 Å². The average Bonchev–Trinajstić information content (AvgIpc) is 2.58. The van der Waals surface area contributed by atoms with Gasteiger partial charge >= 0.3 is 0 Å². The summed E-state index contributed by atoms with van der Waals surface area (Å²) in [6.07, 6.45) is 1.75. The zero-order valence-corrected chi connectivity index (χ0v) is 12.6. The molecular weight excluding hydrogens is 274 g/mol. The Kier molecular flexibility index (Phi) is 3.96. The lowest BCUT2D eigenvalue weighted by atomic mass is 9.82. The summed E-state index contributed by atoms with van der Waals surface area (Å²) in [5.41, 5.74) is 2.25. The lowest BCUT2D eigenvalue weighted by Gasteiger charge is -2.46. The second-order valence-corrected chi connectivity index (χ2v) is 5.43. The molecule has 1 saturated heterocycles. The van der Waals surface area contributed by atoms with Crippen LogP contribution >= 0.6 is 0 Å². The van der Waals surface area contributed by atoms with E-state index in [0.29, 0.717) is 6.54 Å². The molecular formula is C19H19NO2. The molecule has 2 aromatic carbocycles. The molecule has 1 aliphatic rings. The van der Waals surface area contributed by atoms with Gasteiger partial charge < -0.3 is 9.64 Å². The molecule has 0 saturated carbocycles. The van der Waals surface area contributed by atoms with Crippen LogP contribution in [0.5, 0.6) is 5.75 Å². The Balaban J connectivity index is 1.81. The molecule has 0 radical (unpaired) electrons. The molecule has 2 atom stereocenters. The largest absolute Gasteiger partial charge is 0.497 e. The van der Waals surface area contributed by atoms with Gasteiger partial charge in [-0.2, -0.15) is 0 Å². The van der Waals surface area contributed by atoms with Gasteiger partial charge in [0.15, 0.2) is 0 Å². The first-order chi connectivity index (χ1) is 10.7. The van der Waals surface area contributed by atoms with Crippen molar-refractivity contribution in [1.82, 2.24) is 4.90 Å². The summed E-state index contributed by atoms with van der Waals surface area (Å²) in [7, 11) is 1.65. The summed E-state index contributed by atoms with van der Waals surface area (Å²) >= 11 is 0. The average molecular weight is 293 g/mol. The number of benzene rings is 2. The Morgan fingerprint density at radius 3 is 2.41 bits per heavy atom. The molecule has 3 rings (SSSR count). The van der Waals surface area contributed by atoms with Crippen LogP contribution in [0.15, 0.2) is 67.3 Å². The quantitative estimate of drug-likeness (QED) is 0.623. The van der Waals surface area contributed by atoms with Crippen LogP contribution < -0.4 is 4.74 Å². The number of methoxy groups -OCH3 is 1. The Labute approximate surface area is 130 Å². The predicted octanol–water partition coefficient (Wildman–Crippen LogP) is 3.58. The van der Waals surface area contributed by atoms with Crippen molar-refractivity contribution in [3.05, 3.63) is 78.4 Å². The molecule has 0 aromatic heterocycles. The first-order valence-corrected chi connectivity index (χ1v) is 7.35. The maximum atomic E-state index is 12.3. The van der Waals surface area contributed by atoms with E-state index in [-0.39, 0.29) is 17.9 Å². The van der Waals surface area contributed by atoms with Crippen molar-refractivity contribution in [1.29, 1.82) is 0 Å². The number of carbonyl (C=O) groups is 1. The number of amides is 1. The van der Waals surface area contributed by atoms with E-state index in [0.717, 1.165) is 16.9 Å². The van der Waals surface area contributed by atoms with E-state index in [2.05, 4.69) is 18.7 Å². The third-order valence-corrected chi connectivity index (χ3v) is 4.15. The molecule has 22 heavy (non-hydrogen) atoms. The van der Waals surface area contributed by atoms with Crippen molar-refractivity contribution in [3.8, 4) is 5.75 Å². The number of rotatable bonds is 5. The fraction of sp³-hybridized carbons (Fsp3) is 0.211. The number of nitrogens with zero attached hydrogens (tertiary/aromatic N) is 1. The second-order valence-electron chi connectivity index (χ2n) is 5.43. The summed E-state index contributed by atoms with van der Waals surface area (Å²) in [6, 6.07) is 18.0. The number of likely N-dealkylation sites (tertiary alicyclic amines) is 1. The van der Waals surface area contributed by atoms with E-state index in [1.165, 1.54) is 0 Å². The van der Waals surface area contributed by atoms with Crippen molar-refractivity contribution in [2.75, 3.05) is 7.11 Å². The maximum Gasteiger partial charge on any atom is 0.232 e. The van der Waals surface area contributed by atoms with Crippen molar-refractivity contribution in [2.45, 2.75) is 12.6 Å². The van der Waals surface area contributed by atoms with Crippen molar-refractivity contribution in [2.24, 2.45) is 5.92 Å². The van der Waals surface area contributed by atoms with Gasteiger partial charge in [-0.05, 0) is 23.3 Å². The van der Waals surface area contributed by atoms with Crippen LogP contribution in [0, 0.1) is 5.92 Å². The van der Waals surface area contributed by atoms with Crippen molar-refractivity contribution < 1.29 is 9.53 Å². The SMILES string of the molecule is C=C[C@@H]1C(=O)N(Cc2ccc(OC)cc2)[C@H]1c1ccccc1. The second kappa shape index (κ2) is 6.06. The molecule has 1 fully saturated rings. The highest BCUT2D eigenvalue weighted by molar-refractivity contribution is 5.88. The van der Waals surface area contributed by atoms with Crippen LogP contribution in [-0.2, 0) is 11.3 Å². The topological polar surface area (TPSA) is 29.5 Å². The molecule has 0 N–H and O–H groups in total. The van der Waals surface area contributed by atoms with E-state index in [9.17, 15) is 4.79 Å². The smallest absolute Gasteiger partial charge is 0.232 e. The first kappa shape index (κ1) is 14.4. The highest BCUT2D eigenvalue weighted by Gasteiger charge is 2.45. The molecule has 0 spiro atoms. The van der Waals surface area contributed by atoms with Gasteiger partial charge in [0, 0.05) is 6.54 Å². The van der Waals surface area contributed by atoms with E-state index < -0.39 is 0 Å². The molecule has 1 amide bonds. The van der Waals surface area contributed by atoms with Gasteiger partial charge in [0.1, 0.15) is 5.75 Å². The van der Waals surface area contributed by atoms with Gasteiger partial charge in [-0.25, -0.2) is 0 Å². The molecule has 2 aromatic rings. The minimum absolute atomic E-state index is 0.0771. The fourth-order valence-corrected chi connectivity index (χ4v) is 2.95. The van der Waals surface area contributed by atoms with E-state index in [1.807, 2.05) is 47.4 Å². The Morgan fingerprint density at radius 1 is 1.14 bits per heavy atom. The Hall–Kier alpha value is -2.55. The summed E-state index contributed by atoms with van der Waals surface area (Å²) in [5, 5.41) is 0. The molecule has 3 nitrogen and oxygen atoms in total. The van der Waals surface area contributed by atoms with Crippen LogP contribution in [0.25, 0.3) is 0 Å². The standard InChI is InChI=1S/C19H19NO2/c1-3-17-18(15-7-5-4-6-8-15)20(19(17)21)13-14-9-11-16(22-2)12-10-14/h3-12,17-18H,1,13H2,2H3/t17-,18-/m0/s1. The highest BCUT2D eigenvalue weighted by Crippen LogP contribution is 2.41. The van der Waals surface area contributed by atoms with E-state index >= 15 is 0 Å². The van der Waals surface area contributed by atoms with Crippen LogP contribution in [0.1, 0.15) is 17.2 Å². The fourth-order valence-electron chi connectivity index (χ4n) is 2.95. The van der Waals surface area contributed by atoms with Gasteiger partial charge in [-0.15, -0.1) is 6.58 Å². The Bertz CT molecular complexity index is 664. The minimum atomic E-state index is -0.124. The molecule has 3 heteroatoms. The maximum absolute atomic E-state index is 12.3. The lowest BCUT2D eigenvalue weighted by molar-refractivity contribution is -0.154. The highest BCUT2D eigenvalue weighted by atomic mass is 16.5. The number of β-lactam (4-membered cyclic amide) rings is 1. The van der Waals surface area contributed by atoms with Gasteiger partial charge in [0.25, 0.3) is 0 Å². The monoisotopic (exact) mass is 293 g/mol. The molecule has 112 valence electrons. The summed E-state index contributed by atoms with van der Waals surface area (Å²) < 4.78 is 5.17. The summed E-state index contributed by atoms with van der Waals surface area (Å²) in [4.78, 5) is 14.2. The normalized spacial score (nSPS) is 20.4. The van der Waals surface area contributed by atoms with Crippen LogP contribution in [0.3, 0.4) is 0 Å². The lowest BCUT2D eigenvalue weighted by Crippen LogP contribution is -2.53. The van der Waals surface area contributed by atoms with Crippen LogP contribution in [0.2, 0.25) is 0 Å². The third-order valence-electron chi connectivity index (χ3n) is 4.15. The van der Waals surface area contributed by atoms with Crippen molar-refractivity contribution in [3.63, 3.8) is 0 Å². The number of ether oxygens (including phenoxy) is 1. The molecule has 0 aliphatic carbocycles. The van der Waals surface area contributed by atoms with Crippen LogP contribution in [0.4, 0.5) is 0 Å². The van der Waals surface area contributed by atoms with Gasteiger partial charge in [-0.3, -0.25) is 4.79 Å². The van der Waals surface area contributed by atoms with E-state index in [4.69, 9.17) is 4.74 Å². The number of hydrogen-bond acceptors (Lipinski definition) is 2.